The third-order valence-electron chi connectivity index (χ3n) is 2.98. The number of carbonyl (C=O) groups excluding carboxylic acids is 1. The Hall–Kier alpha value is -1.51. The Labute approximate surface area is 97.5 Å². The maximum absolute atomic E-state index is 11.4. The van der Waals surface area contributed by atoms with E-state index in [0.717, 1.165) is 12.1 Å². The van der Waals surface area contributed by atoms with Crippen molar-refractivity contribution in [1.29, 1.82) is 0 Å². The zero-order chi connectivity index (χ0) is 12.1. The lowest BCUT2D eigenvalue weighted by molar-refractivity contribution is 0.249. The van der Waals surface area contributed by atoms with Crippen molar-refractivity contribution >= 4 is 11.7 Å². The highest BCUT2D eigenvalue weighted by atomic mass is 16.2. The molecule has 0 spiro atoms. The first-order valence-corrected chi connectivity index (χ1v) is 5.65. The molecule has 0 bridgehead atoms. The average Bonchev–Trinajstić information content (AvgIpc) is 2.36. The van der Waals surface area contributed by atoms with Crippen LogP contribution in [0.15, 0.2) is 24.3 Å². The summed E-state index contributed by atoms with van der Waals surface area (Å²) < 4.78 is 0. The van der Waals surface area contributed by atoms with Gasteiger partial charge in [-0.3, -0.25) is 4.90 Å². The summed E-state index contributed by atoms with van der Waals surface area (Å²) in [5.41, 5.74) is 2.22. The Balaban J connectivity index is 2.82. The molecular formula is C13H20N2O. The number of amides is 2. The van der Waals surface area contributed by atoms with Gasteiger partial charge in [-0.25, -0.2) is 4.79 Å². The Morgan fingerprint density at radius 3 is 2.38 bits per heavy atom. The lowest BCUT2D eigenvalue weighted by Crippen LogP contribution is -2.34. The normalized spacial score (nSPS) is 12.0. The Morgan fingerprint density at radius 2 is 1.94 bits per heavy atom. The fraction of sp³-hybridized carbons (Fsp3) is 0.462. The summed E-state index contributed by atoms with van der Waals surface area (Å²) in [4.78, 5) is 13.0. The number of hydrogen-bond acceptors (Lipinski definition) is 1. The molecule has 1 aromatic rings. The van der Waals surface area contributed by atoms with E-state index >= 15 is 0 Å². The quantitative estimate of drug-likeness (QED) is 0.834. The molecule has 0 aliphatic carbocycles. The summed E-state index contributed by atoms with van der Waals surface area (Å²) in [6.45, 7) is 4.38. The first kappa shape index (κ1) is 12.6. The van der Waals surface area contributed by atoms with Crippen LogP contribution in [-0.4, -0.2) is 20.1 Å². The topological polar surface area (TPSA) is 32.3 Å². The third kappa shape index (κ3) is 2.75. The molecule has 0 radical (unpaired) electrons. The molecule has 0 aliphatic rings. The van der Waals surface area contributed by atoms with Gasteiger partial charge in [0.15, 0.2) is 0 Å². The monoisotopic (exact) mass is 220 g/mol. The van der Waals surface area contributed by atoms with E-state index in [-0.39, 0.29) is 6.03 Å². The summed E-state index contributed by atoms with van der Waals surface area (Å²) in [7, 11) is 3.39. The summed E-state index contributed by atoms with van der Waals surface area (Å²) in [5, 5.41) is 2.60. The molecule has 3 heteroatoms. The second-order valence-corrected chi connectivity index (χ2v) is 4.01. The molecule has 3 nitrogen and oxygen atoms in total. The van der Waals surface area contributed by atoms with Crippen molar-refractivity contribution in [3.05, 3.63) is 29.8 Å². The van der Waals surface area contributed by atoms with E-state index in [1.54, 1.807) is 19.0 Å². The highest BCUT2D eigenvalue weighted by Crippen LogP contribution is 2.21. The van der Waals surface area contributed by atoms with Crippen molar-refractivity contribution < 1.29 is 4.79 Å². The van der Waals surface area contributed by atoms with Crippen LogP contribution in [0.25, 0.3) is 0 Å². The Kier molecular flexibility index (Phi) is 4.35. The smallest absolute Gasteiger partial charge is 0.321 e. The number of nitrogens with zero attached hydrogens (tertiary/aromatic N) is 1. The summed E-state index contributed by atoms with van der Waals surface area (Å²) in [6.07, 6.45) is 1.13. The first-order chi connectivity index (χ1) is 7.60. The van der Waals surface area contributed by atoms with Gasteiger partial charge in [-0.05, 0) is 30.0 Å². The van der Waals surface area contributed by atoms with Crippen molar-refractivity contribution in [2.45, 2.75) is 26.2 Å². The average molecular weight is 220 g/mol. The SMILES string of the molecule is CCC(C)c1ccc(N(C)C(=O)NC)cc1. The second kappa shape index (κ2) is 5.54. The zero-order valence-corrected chi connectivity index (χ0v) is 10.4. The predicted octanol–water partition coefficient (Wildman–Crippen LogP) is 2.98. The molecule has 0 aromatic heterocycles. The van der Waals surface area contributed by atoms with Gasteiger partial charge >= 0.3 is 6.03 Å². The summed E-state index contributed by atoms with van der Waals surface area (Å²) in [6, 6.07) is 8.04. The molecule has 0 fully saturated rings. The lowest BCUT2D eigenvalue weighted by atomic mass is 9.98. The van der Waals surface area contributed by atoms with E-state index in [1.807, 2.05) is 12.1 Å². The minimum absolute atomic E-state index is 0.101. The molecule has 0 heterocycles. The van der Waals surface area contributed by atoms with Crippen LogP contribution in [0, 0.1) is 0 Å². The Morgan fingerprint density at radius 1 is 1.38 bits per heavy atom. The second-order valence-electron chi connectivity index (χ2n) is 4.01. The van der Waals surface area contributed by atoms with Crippen LogP contribution in [0.2, 0.25) is 0 Å². The molecule has 16 heavy (non-hydrogen) atoms. The van der Waals surface area contributed by atoms with Crippen LogP contribution < -0.4 is 10.2 Å². The Bertz CT molecular complexity index is 345. The molecule has 2 amide bonds. The van der Waals surface area contributed by atoms with E-state index in [9.17, 15) is 4.79 Å². The standard InChI is InChI=1S/C13H20N2O/c1-5-10(2)11-6-8-12(9-7-11)15(4)13(16)14-3/h6-10H,5H2,1-4H3,(H,14,16). The molecule has 1 aromatic carbocycles. The third-order valence-corrected chi connectivity index (χ3v) is 2.98. The fourth-order valence-electron chi connectivity index (χ4n) is 1.55. The van der Waals surface area contributed by atoms with Crippen molar-refractivity contribution in [1.82, 2.24) is 5.32 Å². The summed E-state index contributed by atoms with van der Waals surface area (Å²) in [5.74, 6) is 0.569. The number of urea groups is 1. The van der Waals surface area contributed by atoms with Crippen molar-refractivity contribution in [2.24, 2.45) is 0 Å². The number of rotatable bonds is 3. The van der Waals surface area contributed by atoms with E-state index in [4.69, 9.17) is 0 Å². The predicted molar refractivity (Wildman–Crippen MR) is 68.0 cm³/mol. The van der Waals surface area contributed by atoms with Crippen LogP contribution in [0.5, 0.6) is 0 Å². The van der Waals surface area contributed by atoms with Gasteiger partial charge in [0, 0.05) is 19.8 Å². The lowest BCUT2D eigenvalue weighted by Gasteiger charge is -2.17. The van der Waals surface area contributed by atoms with Crippen LogP contribution in [0.4, 0.5) is 10.5 Å². The largest absolute Gasteiger partial charge is 0.341 e. The molecule has 1 N–H and O–H groups in total. The van der Waals surface area contributed by atoms with Crippen LogP contribution in [-0.2, 0) is 0 Å². The highest BCUT2D eigenvalue weighted by Gasteiger charge is 2.09. The van der Waals surface area contributed by atoms with Crippen molar-refractivity contribution in [3.8, 4) is 0 Å². The maximum Gasteiger partial charge on any atom is 0.321 e. The molecule has 0 saturated heterocycles. The van der Waals surface area contributed by atoms with Gasteiger partial charge in [0.2, 0.25) is 0 Å². The summed E-state index contributed by atoms with van der Waals surface area (Å²) >= 11 is 0. The van der Waals surface area contributed by atoms with Gasteiger partial charge in [0.25, 0.3) is 0 Å². The van der Waals surface area contributed by atoms with Gasteiger partial charge in [0.1, 0.15) is 0 Å². The van der Waals surface area contributed by atoms with E-state index in [0.29, 0.717) is 5.92 Å². The van der Waals surface area contributed by atoms with Gasteiger partial charge in [-0.2, -0.15) is 0 Å². The maximum atomic E-state index is 11.4. The number of nitrogens with one attached hydrogen (secondary N) is 1. The number of anilines is 1. The number of hydrogen-bond donors (Lipinski definition) is 1. The minimum atomic E-state index is -0.101. The van der Waals surface area contributed by atoms with Gasteiger partial charge in [-0.1, -0.05) is 26.0 Å². The van der Waals surface area contributed by atoms with Crippen LogP contribution in [0.3, 0.4) is 0 Å². The van der Waals surface area contributed by atoms with Crippen LogP contribution in [0.1, 0.15) is 31.7 Å². The molecule has 88 valence electrons. The van der Waals surface area contributed by atoms with E-state index in [2.05, 4.69) is 31.3 Å². The van der Waals surface area contributed by atoms with Crippen molar-refractivity contribution in [3.63, 3.8) is 0 Å². The molecule has 0 saturated carbocycles. The van der Waals surface area contributed by atoms with E-state index in [1.165, 1.54) is 5.56 Å². The molecule has 1 atom stereocenters. The highest BCUT2D eigenvalue weighted by molar-refractivity contribution is 5.91. The van der Waals surface area contributed by atoms with Gasteiger partial charge in [-0.15, -0.1) is 0 Å². The first-order valence-electron chi connectivity index (χ1n) is 5.65. The minimum Gasteiger partial charge on any atom is -0.341 e. The van der Waals surface area contributed by atoms with E-state index < -0.39 is 0 Å². The molecule has 0 aliphatic heterocycles. The zero-order valence-electron chi connectivity index (χ0n) is 10.4. The number of carbonyl (C=O) groups is 1. The molecule has 1 unspecified atom stereocenters. The molecule has 1 rings (SSSR count). The van der Waals surface area contributed by atoms with Crippen molar-refractivity contribution in [2.75, 3.05) is 19.0 Å². The van der Waals surface area contributed by atoms with Crippen LogP contribution >= 0.6 is 0 Å². The molecular weight excluding hydrogens is 200 g/mol. The van der Waals surface area contributed by atoms with Gasteiger partial charge < -0.3 is 5.32 Å². The fourth-order valence-corrected chi connectivity index (χ4v) is 1.55. The van der Waals surface area contributed by atoms with Gasteiger partial charge in [0.05, 0.1) is 0 Å². The number of benzene rings is 1.